The Kier molecular flexibility index (Phi) is 5.06. The molecule has 3 aromatic rings. The number of hydrogen-bond acceptors (Lipinski definition) is 6. The topological polar surface area (TPSA) is 93.2 Å². The summed E-state index contributed by atoms with van der Waals surface area (Å²) in [5.41, 5.74) is 1.23. The third-order valence-corrected chi connectivity index (χ3v) is 5.29. The van der Waals surface area contributed by atoms with Gasteiger partial charge in [0.15, 0.2) is 0 Å². The first-order valence-electron chi connectivity index (χ1n) is 9.45. The molecular weight excluding hydrogens is 358 g/mol. The van der Waals surface area contributed by atoms with Gasteiger partial charge in [0.05, 0.1) is 36.3 Å². The Morgan fingerprint density at radius 1 is 1.25 bits per heavy atom. The molecule has 0 aliphatic carbocycles. The number of aromatic nitrogens is 4. The van der Waals surface area contributed by atoms with Crippen molar-refractivity contribution in [3.8, 4) is 0 Å². The summed E-state index contributed by atoms with van der Waals surface area (Å²) >= 11 is 0. The summed E-state index contributed by atoms with van der Waals surface area (Å²) in [6, 6.07) is 8.84. The van der Waals surface area contributed by atoms with Crippen molar-refractivity contribution < 1.29 is 5.11 Å². The molecule has 1 aliphatic heterocycles. The first kappa shape index (κ1) is 18.5. The van der Waals surface area contributed by atoms with Crippen LogP contribution in [0.25, 0.3) is 10.9 Å². The van der Waals surface area contributed by atoms with Gasteiger partial charge < -0.3 is 5.11 Å². The number of para-hydroxylation sites is 1. The van der Waals surface area contributed by atoms with Gasteiger partial charge in [0.25, 0.3) is 11.1 Å². The summed E-state index contributed by atoms with van der Waals surface area (Å²) in [6.45, 7) is 1.50. The monoisotopic (exact) mass is 381 g/mol. The van der Waals surface area contributed by atoms with Gasteiger partial charge >= 0.3 is 0 Å². The second-order valence-corrected chi connectivity index (χ2v) is 7.12. The number of nitrogens with zero attached hydrogens (tertiary/aromatic N) is 5. The molecule has 1 N–H and O–H groups in total. The average molecular weight is 381 g/mol. The predicted molar refractivity (Wildman–Crippen MR) is 105 cm³/mol. The fraction of sp³-hybridized carbons (Fsp3) is 0.400. The van der Waals surface area contributed by atoms with Crippen LogP contribution >= 0.6 is 0 Å². The molecule has 146 valence electrons. The van der Waals surface area contributed by atoms with E-state index in [1.165, 1.54) is 4.68 Å². The van der Waals surface area contributed by atoms with Gasteiger partial charge in [0.1, 0.15) is 5.82 Å². The van der Waals surface area contributed by atoms with Crippen LogP contribution in [-0.2, 0) is 20.1 Å². The van der Waals surface area contributed by atoms with E-state index >= 15 is 0 Å². The number of aliphatic hydroxyl groups is 1. The number of aryl methyl sites for hydroxylation is 1. The van der Waals surface area contributed by atoms with Crippen molar-refractivity contribution in [1.82, 2.24) is 24.2 Å². The maximum Gasteiger partial charge on any atom is 0.266 e. The molecule has 1 saturated heterocycles. The molecular formula is C20H23N5O3. The van der Waals surface area contributed by atoms with Gasteiger partial charge in [-0.15, -0.1) is 0 Å². The number of benzene rings is 1. The molecule has 8 nitrogen and oxygen atoms in total. The lowest BCUT2D eigenvalue weighted by Gasteiger charge is -2.26. The zero-order chi connectivity index (χ0) is 19.7. The van der Waals surface area contributed by atoms with Gasteiger partial charge in [0, 0.05) is 19.7 Å². The third kappa shape index (κ3) is 3.36. The molecule has 1 aromatic carbocycles. The highest BCUT2D eigenvalue weighted by atomic mass is 16.3. The van der Waals surface area contributed by atoms with Crippen molar-refractivity contribution in [2.45, 2.75) is 32.0 Å². The lowest BCUT2D eigenvalue weighted by molar-refractivity contribution is 0.223. The summed E-state index contributed by atoms with van der Waals surface area (Å²) in [6.07, 6.45) is 3.55. The third-order valence-electron chi connectivity index (χ3n) is 5.29. The molecule has 28 heavy (non-hydrogen) atoms. The lowest BCUT2D eigenvalue weighted by atomic mass is 10.1. The van der Waals surface area contributed by atoms with Gasteiger partial charge in [-0.25, -0.2) is 9.67 Å². The number of aliphatic hydroxyl groups excluding tert-OH is 1. The van der Waals surface area contributed by atoms with E-state index in [4.69, 9.17) is 4.98 Å². The summed E-state index contributed by atoms with van der Waals surface area (Å²) in [5.74, 6) is 0.673. The number of likely N-dealkylation sites (tertiary alicyclic amines) is 1. The van der Waals surface area contributed by atoms with Gasteiger partial charge in [0.2, 0.25) is 0 Å². The Morgan fingerprint density at radius 2 is 2.07 bits per heavy atom. The minimum atomic E-state index is -0.144. The minimum absolute atomic E-state index is 0.0482. The van der Waals surface area contributed by atoms with Crippen LogP contribution in [0, 0.1) is 0 Å². The zero-order valence-corrected chi connectivity index (χ0v) is 15.8. The molecule has 3 heterocycles. The fourth-order valence-corrected chi connectivity index (χ4v) is 3.89. The smallest absolute Gasteiger partial charge is 0.266 e. The number of rotatable bonds is 5. The molecule has 0 spiro atoms. The van der Waals surface area contributed by atoms with Crippen LogP contribution in [0.3, 0.4) is 0 Å². The lowest BCUT2D eigenvalue weighted by Crippen LogP contribution is -2.33. The molecule has 1 aliphatic rings. The standard InChI is InChI=1S/C20H23N5O3/c1-23-18(27)11-14(12-21-23)13-24-8-4-7-17(24)19-22-16-6-3-2-5-15(16)20(28)25(19)9-10-26/h2-3,5-6,11-12,17,26H,4,7-10,13H2,1H3. The summed E-state index contributed by atoms with van der Waals surface area (Å²) in [7, 11) is 1.62. The van der Waals surface area contributed by atoms with E-state index in [1.54, 1.807) is 29.9 Å². The number of hydrogen-bond donors (Lipinski definition) is 1. The van der Waals surface area contributed by atoms with E-state index in [0.717, 1.165) is 24.9 Å². The van der Waals surface area contributed by atoms with Crippen LogP contribution in [0.5, 0.6) is 0 Å². The molecule has 0 amide bonds. The summed E-state index contributed by atoms with van der Waals surface area (Å²) < 4.78 is 2.89. The van der Waals surface area contributed by atoms with Crippen molar-refractivity contribution in [1.29, 1.82) is 0 Å². The second-order valence-electron chi connectivity index (χ2n) is 7.12. The maximum atomic E-state index is 13.0. The SMILES string of the molecule is Cn1ncc(CN2CCCC2c2nc3ccccc3c(=O)n2CCO)cc1=O. The van der Waals surface area contributed by atoms with E-state index in [0.29, 0.717) is 23.3 Å². The van der Waals surface area contributed by atoms with Gasteiger partial charge in [-0.05, 0) is 37.1 Å². The molecule has 0 saturated carbocycles. The van der Waals surface area contributed by atoms with Crippen LogP contribution in [0.2, 0.25) is 0 Å². The van der Waals surface area contributed by atoms with Crippen molar-refractivity contribution in [3.05, 3.63) is 68.6 Å². The highest BCUT2D eigenvalue weighted by molar-refractivity contribution is 5.77. The van der Waals surface area contributed by atoms with Gasteiger partial charge in [-0.2, -0.15) is 5.10 Å². The molecule has 1 fully saturated rings. The zero-order valence-electron chi connectivity index (χ0n) is 15.8. The second kappa shape index (κ2) is 7.65. The average Bonchev–Trinajstić information content (AvgIpc) is 3.15. The minimum Gasteiger partial charge on any atom is -0.395 e. The molecule has 1 atom stereocenters. The molecule has 8 heteroatoms. The van der Waals surface area contributed by atoms with Crippen molar-refractivity contribution in [2.24, 2.45) is 7.05 Å². The largest absolute Gasteiger partial charge is 0.395 e. The van der Waals surface area contributed by atoms with Crippen LogP contribution in [0.4, 0.5) is 0 Å². The van der Waals surface area contributed by atoms with Crippen LogP contribution in [0.1, 0.15) is 30.3 Å². The molecule has 0 bridgehead atoms. The number of fused-ring (bicyclic) bond motifs is 1. The summed E-state index contributed by atoms with van der Waals surface area (Å²) in [5, 5.41) is 14.1. The predicted octanol–water partition coefficient (Wildman–Crippen LogP) is 0.820. The Balaban J connectivity index is 1.75. The molecule has 0 radical (unpaired) electrons. The Hall–Kier alpha value is -2.84. The van der Waals surface area contributed by atoms with E-state index in [2.05, 4.69) is 10.00 Å². The van der Waals surface area contributed by atoms with Gasteiger partial charge in [-0.3, -0.25) is 19.1 Å². The first-order chi connectivity index (χ1) is 13.6. The van der Waals surface area contributed by atoms with Crippen molar-refractivity contribution in [2.75, 3.05) is 13.2 Å². The van der Waals surface area contributed by atoms with Crippen molar-refractivity contribution in [3.63, 3.8) is 0 Å². The van der Waals surface area contributed by atoms with Crippen LogP contribution < -0.4 is 11.1 Å². The molecule has 2 aromatic heterocycles. The highest BCUT2D eigenvalue weighted by Gasteiger charge is 2.30. The van der Waals surface area contributed by atoms with Gasteiger partial charge in [-0.1, -0.05) is 12.1 Å². The summed E-state index contributed by atoms with van der Waals surface area (Å²) in [4.78, 5) is 31.9. The Morgan fingerprint density at radius 3 is 2.86 bits per heavy atom. The van der Waals surface area contributed by atoms with Crippen LogP contribution in [0.15, 0.2) is 46.1 Å². The van der Waals surface area contributed by atoms with E-state index in [9.17, 15) is 14.7 Å². The Labute approximate surface area is 161 Å². The van der Waals surface area contributed by atoms with E-state index < -0.39 is 0 Å². The Bertz CT molecular complexity index is 1120. The molecule has 1 unspecified atom stereocenters. The normalized spacial score (nSPS) is 17.4. The quantitative estimate of drug-likeness (QED) is 0.703. The van der Waals surface area contributed by atoms with Crippen molar-refractivity contribution >= 4 is 10.9 Å². The van der Waals surface area contributed by atoms with E-state index in [1.807, 2.05) is 18.2 Å². The first-order valence-corrected chi connectivity index (χ1v) is 9.45. The maximum absolute atomic E-state index is 13.0. The molecule has 4 rings (SSSR count). The van der Waals surface area contributed by atoms with Crippen LogP contribution in [-0.4, -0.2) is 42.5 Å². The fourth-order valence-electron chi connectivity index (χ4n) is 3.89. The highest BCUT2D eigenvalue weighted by Crippen LogP contribution is 2.32. The van der Waals surface area contributed by atoms with E-state index in [-0.39, 0.29) is 30.3 Å².